The lowest BCUT2D eigenvalue weighted by Gasteiger charge is -2.22. The summed E-state index contributed by atoms with van der Waals surface area (Å²) in [5.74, 6) is 1.59. The highest BCUT2D eigenvalue weighted by atomic mass is 16.5. The number of aliphatic imine (C=N–C) groups is 1. The summed E-state index contributed by atoms with van der Waals surface area (Å²) in [5.41, 5.74) is 4.29. The average molecular weight is 374 g/mol. The van der Waals surface area contributed by atoms with Crippen LogP contribution < -0.4 is 14.8 Å². The number of nitrogens with zero attached hydrogens (tertiary/aromatic N) is 1. The normalized spacial score (nSPS) is 15.6. The van der Waals surface area contributed by atoms with Crippen molar-refractivity contribution in [2.45, 2.75) is 12.5 Å². The van der Waals surface area contributed by atoms with Crippen LogP contribution in [0.4, 0.5) is 11.4 Å². The van der Waals surface area contributed by atoms with Crippen molar-refractivity contribution in [3.05, 3.63) is 77.9 Å². The number of rotatable bonds is 4. The number of phenols is 1. The molecular weight excluding hydrogens is 352 g/mol. The van der Waals surface area contributed by atoms with E-state index in [4.69, 9.17) is 14.5 Å². The van der Waals surface area contributed by atoms with E-state index in [9.17, 15) is 5.11 Å². The van der Waals surface area contributed by atoms with Crippen LogP contribution in [0.1, 0.15) is 23.6 Å². The van der Waals surface area contributed by atoms with E-state index in [1.54, 1.807) is 20.3 Å². The number of anilines is 1. The molecule has 1 aliphatic rings. The van der Waals surface area contributed by atoms with Crippen molar-refractivity contribution in [2.24, 2.45) is 4.99 Å². The molecule has 0 aliphatic carbocycles. The second kappa shape index (κ2) is 7.64. The Morgan fingerprint density at radius 1 is 0.929 bits per heavy atom. The van der Waals surface area contributed by atoms with Crippen molar-refractivity contribution in [2.75, 3.05) is 19.5 Å². The maximum Gasteiger partial charge on any atom is 0.165 e. The molecule has 142 valence electrons. The second-order valence-corrected chi connectivity index (χ2v) is 6.58. The Morgan fingerprint density at radius 2 is 1.71 bits per heavy atom. The van der Waals surface area contributed by atoms with Crippen molar-refractivity contribution < 1.29 is 14.6 Å². The fraction of sp³-hybridized carbons (Fsp3) is 0.174. The van der Waals surface area contributed by atoms with Crippen molar-refractivity contribution in [1.82, 2.24) is 0 Å². The third-order valence-corrected chi connectivity index (χ3v) is 4.91. The molecule has 0 saturated carbocycles. The van der Waals surface area contributed by atoms with Gasteiger partial charge in [-0.3, -0.25) is 4.99 Å². The number of ether oxygens (including phenoxy) is 2. The van der Waals surface area contributed by atoms with Crippen molar-refractivity contribution in [1.29, 1.82) is 0 Å². The van der Waals surface area contributed by atoms with Gasteiger partial charge in [-0.1, -0.05) is 36.4 Å². The first-order chi connectivity index (χ1) is 13.7. The Morgan fingerprint density at radius 3 is 2.50 bits per heavy atom. The van der Waals surface area contributed by atoms with Gasteiger partial charge in [-0.25, -0.2) is 0 Å². The first-order valence-corrected chi connectivity index (χ1v) is 9.13. The van der Waals surface area contributed by atoms with Crippen LogP contribution in [-0.2, 0) is 0 Å². The molecule has 0 radical (unpaired) electrons. The predicted molar refractivity (Wildman–Crippen MR) is 111 cm³/mol. The summed E-state index contributed by atoms with van der Waals surface area (Å²) in [6, 6.07) is 20.9. The molecule has 1 aliphatic heterocycles. The summed E-state index contributed by atoms with van der Waals surface area (Å²) in [6.07, 6.45) is 0.579. The molecule has 0 amide bonds. The van der Waals surface area contributed by atoms with Crippen LogP contribution in [0, 0.1) is 0 Å². The molecule has 0 bridgehead atoms. The molecule has 0 saturated heterocycles. The first kappa shape index (κ1) is 17.9. The molecule has 5 heteroatoms. The third kappa shape index (κ3) is 3.27. The van der Waals surface area contributed by atoms with E-state index >= 15 is 0 Å². The van der Waals surface area contributed by atoms with E-state index in [0.717, 1.165) is 28.2 Å². The molecule has 0 aromatic heterocycles. The maximum atomic E-state index is 10.4. The van der Waals surface area contributed by atoms with Crippen molar-refractivity contribution in [3.8, 4) is 17.2 Å². The second-order valence-electron chi connectivity index (χ2n) is 6.58. The lowest BCUT2D eigenvalue weighted by Crippen LogP contribution is -2.15. The number of benzene rings is 3. The van der Waals surface area contributed by atoms with Crippen molar-refractivity contribution in [3.63, 3.8) is 0 Å². The van der Waals surface area contributed by atoms with Crippen LogP contribution in [0.25, 0.3) is 0 Å². The molecule has 1 heterocycles. The summed E-state index contributed by atoms with van der Waals surface area (Å²) >= 11 is 0. The highest BCUT2D eigenvalue weighted by Crippen LogP contribution is 2.41. The lowest BCUT2D eigenvalue weighted by molar-refractivity contribution is 0.350. The van der Waals surface area contributed by atoms with E-state index in [2.05, 4.69) is 5.32 Å². The number of methoxy groups -OCH3 is 2. The standard InChI is InChI=1S/C23H22N2O3/c1-27-22-13-7-9-16(23(22)28-2)20-14-19(15-8-3-6-12-21(15)26)24-17-10-4-5-11-18(17)25-20/h3-13,20,25-26H,14H2,1-2H3/t20-/m0/s1. The minimum absolute atomic E-state index is 0.105. The molecule has 4 rings (SSSR count). The van der Waals surface area contributed by atoms with Gasteiger partial charge in [0.15, 0.2) is 11.5 Å². The van der Waals surface area contributed by atoms with E-state index in [1.807, 2.05) is 60.7 Å². The molecule has 5 nitrogen and oxygen atoms in total. The Bertz CT molecular complexity index is 1030. The topological polar surface area (TPSA) is 63.1 Å². The van der Waals surface area contributed by atoms with Crippen LogP contribution in [0.3, 0.4) is 0 Å². The van der Waals surface area contributed by atoms with Gasteiger partial charge >= 0.3 is 0 Å². The highest BCUT2D eigenvalue weighted by Gasteiger charge is 2.25. The summed E-state index contributed by atoms with van der Waals surface area (Å²) in [7, 11) is 3.27. The number of fused-ring (bicyclic) bond motifs is 1. The number of phenolic OH excluding ortho intramolecular Hbond substituents is 1. The molecule has 0 unspecified atom stereocenters. The summed E-state index contributed by atoms with van der Waals surface area (Å²) in [5, 5.41) is 14.0. The fourth-order valence-electron chi connectivity index (χ4n) is 3.58. The highest BCUT2D eigenvalue weighted by molar-refractivity contribution is 6.06. The molecule has 28 heavy (non-hydrogen) atoms. The molecule has 0 spiro atoms. The molecule has 2 N–H and O–H groups in total. The average Bonchev–Trinajstić information content (AvgIpc) is 2.93. The Balaban J connectivity index is 1.86. The van der Waals surface area contributed by atoms with E-state index in [1.165, 1.54) is 0 Å². The number of hydrogen-bond donors (Lipinski definition) is 2. The number of nitrogens with one attached hydrogen (secondary N) is 1. The number of para-hydroxylation sites is 4. The summed E-state index contributed by atoms with van der Waals surface area (Å²) in [4.78, 5) is 4.87. The predicted octanol–water partition coefficient (Wildman–Crippen LogP) is 5.09. The lowest BCUT2D eigenvalue weighted by atomic mass is 9.96. The maximum absolute atomic E-state index is 10.4. The van der Waals surface area contributed by atoms with Gasteiger partial charge in [0.05, 0.1) is 37.3 Å². The summed E-state index contributed by atoms with van der Waals surface area (Å²) in [6.45, 7) is 0. The van der Waals surface area contributed by atoms with Crippen LogP contribution in [0.5, 0.6) is 17.2 Å². The molecule has 3 aromatic rings. The van der Waals surface area contributed by atoms with Gasteiger partial charge in [0, 0.05) is 17.5 Å². The smallest absolute Gasteiger partial charge is 0.165 e. The third-order valence-electron chi connectivity index (χ3n) is 4.91. The van der Waals surface area contributed by atoms with Gasteiger partial charge in [-0.05, 0) is 30.3 Å². The molecule has 0 fully saturated rings. The van der Waals surface area contributed by atoms with Crippen LogP contribution in [0.15, 0.2) is 71.7 Å². The van der Waals surface area contributed by atoms with Crippen LogP contribution in [0.2, 0.25) is 0 Å². The van der Waals surface area contributed by atoms with E-state index < -0.39 is 0 Å². The number of hydrogen-bond acceptors (Lipinski definition) is 5. The molecule has 1 atom stereocenters. The first-order valence-electron chi connectivity index (χ1n) is 9.13. The zero-order valence-corrected chi connectivity index (χ0v) is 15.8. The van der Waals surface area contributed by atoms with Gasteiger partial charge < -0.3 is 19.9 Å². The van der Waals surface area contributed by atoms with E-state index in [-0.39, 0.29) is 11.8 Å². The van der Waals surface area contributed by atoms with Gasteiger partial charge in [-0.15, -0.1) is 0 Å². The summed E-state index contributed by atoms with van der Waals surface area (Å²) < 4.78 is 11.1. The van der Waals surface area contributed by atoms with Crippen LogP contribution in [-0.4, -0.2) is 25.0 Å². The molecule has 3 aromatic carbocycles. The Kier molecular flexibility index (Phi) is 4.89. The molecular formula is C23H22N2O3. The minimum Gasteiger partial charge on any atom is -0.507 e. The Hall–Kier alpha value is -3.47. The quantitative estimate of drug-likeness (QED) is 0.668. The SMILES string of the molecule is COc1cccc([C@@H]2CC(c3ccccc3O)=Nc3ccccc3N2)c1OC. The van der Waals surface area contributed by atoms with Gasteiger partial charge in [0.25, 0.3) is 0 Å². The van der Waals surface area contributed by atoms with E-state index in [0.29, 0.717) is 17.9 Å². The van der Waals surface area contributed by atoms with Gasteiger partial charge in [0.2, 0.25) is 0 Å². The minimum atomic E-state index is -0.105. The van der Waals surface area contributed by atoms with Gasteiger partial charge in [0.1, 0.15) is 5.75 Å². The zero-order chi connectivity index (χ0) is 19.5. The zero-order valence-electron chi connectivity index (χ0n) is 15.8. The monoisotopic (exact) mass is 374 g/mol. The Labute approximate surface area is 164 Å². The van der Waals surface area contributed by atoms with Gasteiger partial charge in [-0.2, -0.15) is 0 Å². The fourth-order valence-corrected chi connectivity index (χ4v) is 3.58. The van der Waals surface area contributed by atoms with Crippen molar-refractivity contribution >= 4 is 17.1 Å². The number of aromatic hydroxyl groups is 1. The largest absolute Gasteiger partial charge is 0.507 e. The van der Waals surface area contributed by atoms with Crippen LogP contribution >= 0.6 is 0 Å².